The molecule has 0 saturated heterocycles. The Balaban J connectivity index is 0.000000617. The number of aromatic amines is 1. The minimum atomic E-state index is -0.170. The number of halogens is 1. The molecule has 0 spiro atoms. The lowest BCUT2D eigenvalue weighted by Crippen LogP contribution is -1.77. The van der Waals surface area contributed by atoms with Gasteiger partial charge in [0.1, 0.15) is 5.82 Å². The number of fused-ring (bicyclic) bond motifs is 1. The van der Waals surface area contributed by atoms with Gasteiger partial charge in [0.15, 0.2) is 0 Å². The molecule has 1 aromatic carbocycles. The standard InChI is InChI=1S/C10H10FN.C2H6.H2/c1-2-7-6-12-10-4-3-8(11)5-9(7)10;1-2;/h3-6,12H,2H2,1H3;1-2H3;1H. The molecule has 0 radical (unpaired) electrons. The molecule has 1 N–H and O–H groups in total. The van der Waals surface area contributed by atoms with E-state index in [0.717, 1.165) is 17.3 Å². The summed E-state index contributed by atoms with van der Waals surface area (Å²) in [6, 6.07) is 4.81. The lowest BCUT2D eigenvalue weighted by atomic mass is 10.1. The highest BCUT2D eigenvalue weighted by Crippen LogP contribution is 2.19. The second-order valence-corrected chi connectivity index (χ2v) is 2.86. The van der Waals surface area contributed by atoms with Crippen molar-refractivity contribution in [3.63, 3.8) is 0 Å². The molecular formula is C12H18FN. The molecule has 2 rings (SSSR count). The summed E-state index contributed by atoms with van der Waals surface area (Å²) in [7, 11) is 0. The molecule has 0 atom stereocenters. The lowest BCUT2D eigenvalue weighted by molar-refractivity contribution is 0.629. The third-order valence-corrected chi connectivity index (χ3v) is 2.11. The summed E-state index contributed by atoms with van der Waals surface area (Å²) < 4.78 is 12.8. The Hall–Kier alpha value is -1.31. The van der Waals surface area contributed by atoms with Gasteiger partial charge in [0.2, 0.25) is 0 Å². The Labute approximate surface area is 85.4 Å². The van der Waals surface area contributed by atoms with Crippen LogP contribution < -0.4 is 0 Å². The molecule has 2 aromatic rings. The highest BCUT2D eigenvalue weighted by Gasteiger charge is 2.01. The second-order valence-electron chi connectivity index (χ2n) is 2.86. The van der Waals surface area contributed by atoms with Crippen LogP contribution in [0.2, 0.25) is 0 Å². The Morgan fingerprint density at radius 1 is 1.36 bits per heavy atom. The van der Waals surface area contributed by atoms with Crippen LogP contribution in [0.25, 0.3) is 10.9 Å². The maximum absolute atomic E-state index is 12.8. The van der Waals surface area contributed by atoms with Crippen molar-refractivity contribution in [2.24, 2.45) is 0 Å². The first-order chi connectivity index (χ1) is 6.81. The minimum Gasteiger partial charge on any atom is -0.361 e. The van der Waals surface area contributed by atoms with Crippen molar-refractivity contribution in [1.82, 2.24) is 4.98 Å². The Bertz CT molecular complexity index is 409. The van der Waals surface area contributed by atoms with Crippen molar-refractivity contribution in [3.05, 3.63) is 35.8 Å². The summed E-state index contributed by atoms with van der Waals surface area (Å²) in [5, 5.41) is 0.998. The van der Waals surface area contributed by atoms with Gasteiger partial charge in [0, 0.05) is 18.5 Å². The number of hydrogen-bond acceptors (Lipinski definition) is 0. The highest BCUT2D eigenvalue weighted by atomic mass is 19.1. The molecule has 0 amide bonds. The molecule has 0 saturated carbocycles. The number of rotatable bonds is 1. The Morgan fingerprint density at radius 2 is 2.07 bits per heavy atom. The zero-order valence-corrected chi connectivity index (χ0v) is 8.89. The molecule has 78 valence electrons. The van der Waals surface area contributed by atoms with E-state index < -0.39 is 0 Å². The van der Waals surface area contributed by atoms with Crippen LogP contribution in [0.1, 0.15) is 27.8 Å². The van der Waals surface area contributed by atoms with Gasteiger partial charge < -0.3 is 4.98 Å². The number of aryl methyl sites for hydroxylation is 1. The van der Waals surface area contributed by atoms with Gasteiger partial charge in [0.05, 0.1) is 0 Å². The molecular weight excluding hydrogens is 177 g/mol. The van der Waals surface area contributed by atoms with Crippen molar-refractivity contribution in [3.8, 4) is 0 Å². The fraction of sp³-hybridized carbons (Fsp3) is 0.333. The molecule has 0 bridgehead atoms. The Kier molecular flexibility index (Phi) is 3.69. The van der Waals surface area contributed by atoms with Crippen molar-refractivity contribution in [2.45, 2.75) is 27.2 Å². The van der Waals surface area contributed by atoms with Crippen LogP contribution in [0.5, 0.6) is 0 Å². The van der Waals surface area contributed by atoms with Gasteiger partial charge in [0.25, 0.3) is 0 Å². The fourth-order valence-electron chi connectivity index (χ4n) is 1.44. The SMILES string of the molecule is CC.CCc1c[nH]c2ccc(F)cc12.[HH]. The summed E-state index contributed by atoms with van der Waals surface area (Å²) in [6.07, 6.45) is 2.87. The average molecular weight is 195 g/mol. The molecule has 14 heavy (non-hydrogen) atoms. The van der Waals surface area contributed by atoms with Crippen LogP contribution in [0.15, 0.2) is 24.4 Å². The molecule has 0 aliphatic carbocycles. The monoisotopic (exact) mass is 195 g/mol. The predicted molar refractivity (Wildman–Crippen MR) is 61.1 cm³/mol. The molecule has 0 unspecified atom stereocenters. The number of hydrogen-bond donors (Lipinski definition) is 1. The first-order valence-electron chi connectivity index (χ1n) is 5.07. The highest BCUT2D eigenvalue weighted by molar-refractivity contribution is 5.83. The van der Waals surface area contributed by atoms with Gasteiger partial charge in [-0.1, -0.05) is 20.8 Å². The maximum Gasteiger partial charge on any atom is 0.123 e. The lowest BCUT2D eigenvalue weighted by Gasteiger charge is -1.92. The van der Waals surface area contributed by atoms with E-state index in [1.807, 2.05) is 20.0 Å². The molecule has 0 aliphatic heterocycles. The van der Waals surface area contributed by atoms with Gasteiger partial charge in [-0.15, -0.1) is 0 Å². The zero-order valence-electron chi connectivity index (χ0n) is 8.89. The summed E-state index contributed by atoms with van der Waals surface area (Å²) >= 11 is 0. The molecule has 0 fully saturated rings. The fourth-order valence-corrected chi connectivity index (χ4v) is 1.44. The molecule has 2 heteroatoms. The van der Waals surface area contributed by atoms with E-state index in [1.165, 1.54) is 11.6 Å². The Morgan fingerprint density at radius 3 is 2.71 bits per heavy atom. The van der Waals surface area contributed by atoms with Crippen LogP contribution in [0, 0.1) is 5.82 Å². The largest absolute Gasteiger partial charge is 0.361 e. The van der Waals surface area contributed by atoms with Crippen LogP contribution in [0.4, 0.5) is 4.39 Å². The molecule has 1 aromatic heterocycles. The summed E-state index contributed by atoms with van der Waals surface area (Å²) in [4.78, 5) is 3.10. The number of H-pyrrole nitrogens is 1. The quantitative estimate of drug-likeness (QED) is 0.703. The molecule has 1 nitrogen and oxygen atoms in total. The summed E-state index contributed by atoms with van der Waals surface area (Å²) in [6.45, 7) is 6.06. The second kappa shape index (κ2) is 4.80. The molecule has 0 aliphatic rings. The van der Waals surface area contributed by atoms with Crippen molar-refractivity contribution in [2.75, 3.05) is 0 Å². The minimum absolute atomic E-state index is 0. The van der Waals surface area contributed by atoms with E-state index >= 15 is 0 Å². The number of nitrogens with one attached hydrogen (secondary N) is 1. The van der Waals surface area contributed by atoms with Crippen LogP contribution in [-0.4, -0.2) is 4.98 Å². The number of aromatic nitrogens is 1. The van der Waals surface area contributed by atoms with E-state index in [1.54, 1.807) is 12.1 Å². The summed E-state index contributed by atoms with van der Waals surface area (Å²) in [5.74, 6) is -0.170. The van der Waals surface area contributed by atoms with E-state index in [4.69, 9.17) is 0 Å². The van der Waals surface area contributed by atoms with E-state index in [2.05, 4.69) is 11.9 Å². The first-order valence-corrected chi connectivity index (χ1v) is 5.07. The van der Waals surface area contributed by atoms with E-state index in [0.29, 0.717) is 0 Å². The van der Waals surface area contributed by atoms with Crippen LogP contribution in [-0.2, 0) is 6.42 Å². The van der Waals surface area contributed by atoms with Gasteiger partial charge in [-0.05, 0) is 30.2 Å². The predicted octanol–water partition coefficient (Wildman–Crippen LogP) is 4.14. The zero-order chi connectivity index (χ0) is 10.6. The third kappa shape index (κ3) is 1.95. The summed E-state index contributed by atoms with van der Waals surface area (Å²) in [5.41, 5.74) is 2.18. The van der Waals surface area contributed by atoms with E-state index in [-0.39, 0.29) is 7.24 Å². The van der Waals surface area contributed by atoms with Crippen molar-refractivity contribution >= 4 is 10.9 Å². The van der Waals surface area contributed by atoms with Crippen LogP contribution in [0.3, 0.4) is 0 Å². The van der Waals surface area contributed by atoms with Gasteiger partial charge in [-0.3, -0.25) is 0 Å². The van der Waals surface area contributed by atoms with E-state index in [9.17, 15) is 4.39 Å². The van der Waals surface area contributed by atoms with Crippen molar-refractivity contribution in [1.29, 1.82) is 0 Å². The topological polar surface area (TPSA) is 15.8 Å². The molecule has 1 heterocycles. The average Bonchev–Trinajstić information content (AvgIpc) is 2.63. The third-order valence-electron chi connectivity index (χ3n) is 2.11. The number of benzene rings is 1. The van der Waals surface area contributed by atoms with Crippen molar-refractivity contribution < 1.29 is 5.82 Å². The smallest absolute Gasteiger partial charge is 0.123 e. The maximum atomic E-state index is 12.8. The van der Waals surface area contributed by atoms with Gasteiger partial charge >= 0.3 is 0 Å². The first kappa shape index (κ1) is 10.8. The van der Waals surface area contributed by atoms with Crippen LogP contribution >= 0.6 is 0 Å². The van der Waals surface area contributed by atoms with Gasteiger partial charge in [-0.2, -0.15) is 0 Å². The van der Waals surface area contributed by atoms with Gasteiger partial charge in [-0.25, -0.2) is 4.39 Å². The normalized spacial score (nSPS) is 9.71.